The molecule has 0 unspecified atom stereocenters. The molecule has 3 rings (SSSR count). The van der Waals surface area contributed by atoms with E-state index in [4.69, 9.17) is 0 Å². The third kappa shape index (κ3) is 2.37. The van der Waals surface area contributed by atoms with Gasteiger partial charge in [-0.15, -0.1) is 11.3 Å². The van der Waals surface area contributed by atoms with Crippen LogP contribution in [0.4, 0.5) is 5.13 Å². The van der Waals surface area contributed by atoms with Crippen LogP contribution in [-0.4, -0.2) is 18.4 Å². The highest BCUT2D eigenvalue weighted by Crippen LogP contribution is 2.25. The fourth-order valence-electron chi connectivity index (χ4n) is 1.86. The summed E-state index contributed by atoms with van der Waals surface area (Å²) < 4.78 is 27.4. The van der Waals surface area contributed by atoms with Crippen LogP contribution in [0.3, 0.4) is 0 Å². The fraction of sp³-hybridized carbons (Fsp3) is 0.0769. The number of aromatic nitrogens is 2. The molecular formula is C13H11N3O2S2. The molecule has 0 aliphatic heterocycles. The second-order valence-electron chi connectivity index (χ2n) is 4.21. The summed E-state index contributed by atoms with van der Waals surface area (Å²) >= 11 is 1.29. The highest BCUT2D eigenvalue weighted by molar-refractivity contribution is 7.93. The quantitative estimate of drug-likeness (QED) is 0.807. The average Bonchev–Trinajstić information content (AvgIpc) is 2.82. The summed E-state index contributed by atoms with van der Waals surface area (Å²) in [5, 5.41) is 1.14. The largest absolute Gasteiger partial charge is 0.265 e. The molecule has 0 saturated carbocycles. The Morgan fingerprint density at radius 2 is 1.95 bits per heavy atom. The van der Waals surface area contributed by atoms with Crippen molar-refractivity contribution < 1.29 is 8.42 Å². The van der Waals surface area contributed by atoms with E-state index >= 15 is 0 Å². The highest BCUT2D eigenvalue weighted by Gasteiger charge is 2.19. The maximum absolute atomic E-state index is 12.4. The number of aryl methyl sites for hydroxylation is 1. The number of rotatable bonds is 3. The monoisotopic (exact) mass is 305 g/mol. The third-order valence-electron chi connectivity index (χ3n) is 2.73. The fourth-order valence-corrected chi connectivity index (χ4v) is 3.95. The lowest BCUT2D eigenvalue weighted by Gasteiger charge is -2.07. The van der Waals surface area contributed by atoms with Crippen molar-refractivity contribution in [3.8, 4) is 0 Å². The van der Waals surface area contributed by atoms with Crippen molar-refractivity contribution in [1.29, 1.82) is 0 Å². The lowest BCUT2D eigenvalue weighted by Crippen LogP contribution is -2.13. The van der Waals surface area contributed by atoms with Crippen LogP contribution < -0.4 is 4.72 Å². The third-order valence-corrected chi connectivity index (χ3v) is 5.06. The van der Waals surface area contributed by atoms with Gasteiger partial charge in [-0.3, -0.25) is 9.71 Å². The van der Waals surface area contributed by atoms with E-state index in [1.165, 1.54) is 17.4 Å². The van der Waals surface area contributed by atoms with Gasteiger partial charge in [0.1, 0.15) is 4.90 Å². The molecule has 0 amide bonds. The van der Waals surface area contributed by atoms with Crippen molar-refractivity contribution in [1.82, 2.24) is 9.97 Å². The minimum Gasteiger partial charge on any atom is -0.255 e. The molecule has 0 spiro atoms. The highest BCUT2D eigenvalue weighted by atomic mass is 32.2. The summed E-state index contributed by atoms with van der Waals surface area (Å²) in [5.41, 5.74) is 0.454. The Bertz CT molecular complexity index is 867. The van der Waals surface area contributed by atoms with Gasteiger partial charge in [-0.05, 0) is 19.1 Å². The van der Waals surface area contributed by atoms with Gasteiger partial charge in [0.2, 0.25) is 0 Å². The first-order chi connectivity index (χ1) is 9.56. The molecule has 1 N–H and O–H groups in total. The zero-order valence-electron chi connectivity index (χ0n) is 10.6. The minimum atomic E-state index is -3.69. The molecule has 102 valence electrons. The number of anilines is 1. The van der Waals surface area contributed by atoms with Gasteiger partial charge in [-0.1, -0.05) is 18.2 Å². The van der Waals surface area contributed by atoms with Crippen LogP contribution in [0, 0.1) is 6.92 Å². The van der Waals surface area contributed by atoms with Crippen molar-refractivity contribution in [3.05, 3.63) is 47.6 Å². The van der Waals surface area contributed by atoms with Crippen LogP contribution in [0.25, 0.3) is 10.9 Å². The number of nitrogens with zero attached hydrogens (tertiary/aromatic N) is 2. The summed E-state index contributed by atoms with van der Waals surface area (Å²) in [4.78, 5) is 9.27. The molecule has 20 heavy (non-hydrogen) atoms. The smallest absolute Gasteiger partial charge is 0.255 e. The second kappa shape index (κ2) is 4.84. The van der Waals surface area contributed by atoms with Gasteiger partial charge < -0.3 is 0 Å². The number of benzene rings is 1. The summed E-state index contributed by atoms with van der Waals surface area (Å²) in [6, 6.07) is 8.67. The molecule has 2 heterocycles. The van der Waals surface area contributed by atoms with Crippen LogP contribution in [0.15, 0.2) is 47.6 Å². The van der Waals surface area contributed by atoms with Crippen molar-refractivity contribution in [3.63, 3.8) is 0 Å². The minimum absolute atomic E-state index is 0.156. The van der Waals surface area contributed by atoms with Crippen LogP contribution in [0.5, 0.6) is 0 Å². The number of nitrogens with one attached hydrogen (secondary N) is 1. The van der Waals surface area contributed by atoms with Crippen LogP contribution in [0.2, 0.25) is 0 Å². The molecule has 0 radical (unpaired) electrons. The number of pyridine rings is 1. The van der Waals surface area contributed by atoms with Gasteiger partial charge in [0.05, 0.1) is 5.52 Å². The summed E-state index contributed by atoms with van der Waals surface area (Å²) in [6.07, 6.45) is 3.21. The molecule has 0 atom stereocenters. The van der Waals surface area contributed by atoms with Gasteiger partial charge in [-0.2, -0.15) is 0 Å². The normalized spacial score (nSPS) is 11.7. The number of hydrogen-bond donors (Lipinski definition) is 1. The summed E-state index contributed by atoms with van der Waals surface area (Å²) in [5.74, 6) is 0. The molecule has 0 aliphatic carbocycles. The SMILES string of the molecule is Cc1cnc(NS(=O)(=O)c2cccc3cccnc23)s1. The number of sulfonamides is 1. The molecule has 0 bridgehead atoms. The lowest BCUT2D eigenvalue weighted by atomic mass is 10.2. The molecule has 1 aromatic carbocycles. The molecule has 0 aliphatic rings. The Balaban J connectivity index is 2.09. The first kappa shape index (κ1) is 13.0. The number of hydrogen-bond acceptors (Lipinski definition) is 5. The van der Waals surface area contributed by atoms with Gasteiger partial charge in [-0.25, -0.2) is 13.4 Å². The van der Waals surface area contributed by atoms with E-state index in [0.717, 1.165) is 10.3 Å². The summed E-state index contributed by atoms with van der Waals surface area (Å²) in [6.45, 7) is 1.87. The Hall–Kier alpha value is -1.99. The van der Waals surface area contributed by atoms with E-state index in [9.17, 15) is 8.42 Å². The van der Waals surface area contributed by atoms with Gasteiger partial charge in [0.25, 0.3) is 10.0 Å². The standard InChI is InChI=1S/C13H11N3O2S2/c1-9-8-15-13(19-9)16-20(17,18)11-6-2-4-10-5-3-7-14-12(10)11/h2-8H,1H3,(H,15,16). The van der Waals surface area contributed by atoms with Crippen molar-refractivity contribution in [2.24, 2.45) is 0 Å². The van der Waals surface area contributed by atoms with E-state index in [2.05, 4.69) is 14.7 Å². The van der Waals surface area contributed by atoms with Crippen molar-refractivity contribution >= 4 is 37.4 Å². The Morgan fingerprint density at radius 3 is 2.70 bits per heavy atom. The van der Waals surface area contributed by atoms with Crippen LogP contribution in [0.1, 0.15) is 4.88 Å². The Kier molecular flexibility index (Phi) is 3.15. The first-order valence-electron chi connectivity index (χ1n) is 5.85. The van der Waals surface area contributed by atoms with E-state index in [1.54, 1.807) is 24.5 Å². The molecular weight excluding hydrogens is 294 g/mol. The topological polar surface area (TPSA) is 72.0 Å². The lowest BCUT2D eigenvalue weighted by molar-refractivity contribution is 0.602. The zero-order valence-corrected chi connectivity index (χ0v) is 12.2. The molecule has 5 nitrogen and oxygen atoms in total. The molecule has 2 aromatic heterocycles. The van der Waals surface area contributed by atoms with Crippen LogP contribution >= 0.6 is 11.3 Å². The van der Waals surface area contributed by atoms with Gasteiger partial charge in [0, 0.05) is 22.7 Å². The van der Waals surface area contributed by atoms with Crippen molar-refractivity contribution in [2.75, 3.05) is 4.72 Å². The van der Waals surface area contributed by atoms with Crippen molar-refractivity contribution in [2.45, 2.75) is 11.8 Å². The van der Waals surface area contributed by atoms with Gasteiger partial charge >= 0.3 is 0 Å². The molecule has 7 heteroatoms. The Morgan fingerprint density at radius 1 is 1.15 bits per heavy atom. The predicted octanol–water partition coefficient (Wildman–Crippen LogP) is 2.80. The average molecular weight is 305 g/mol. The van der Waals surface area contributed by atoms with E-state index < -0.39 is 10.0 Å². The number of para-hydroxylation sites is 1. The molecule has 0 saturated heterocycles. The number of thiazole rings is 1. The van der Waals surface area contributed by atoms with E-state index in [0.29, 0.717) is 10.6 Å². The maximum Gasteiger partial charge on any atom is 0.265 e. The predicted molar refractivity (Wildman–Crippen MR) is 79.4 cm³/mol. The maximum atomic E-state index is 12.4. The van der Waals surface area contributed by atoms with E-state index in [1.807, 2.05) is 19.1 Å². The zero-order chi connectivity index (χ0) is 14.2. The molecule has 0 fully saturated rings. The van der Waals surface area contributed by atoms with Crippen LogP contribution in [-0.2, 0) is 10.0 Å². The number of fused-ring (bicyclic) bond motifs is 1. The molecule has 3 aromatic rings. The second-order valence-corrected chi connectivity index (χ2v) is 7.10. The first-order valence-corrected chi connectivity index (χ1v) is 8.15. The van der Waals surface area contributed by atoms with Gasteiger partial charge in [0.15, 0.2) is 5.13 Å². The van der Waals surface area contributed by atoms with E-state index in [-0.39, 0.29) is 4.90 Å². The summed E-state index contributed by atoms with van der Waals surface area (Å²) in [7, 11) is -3.69. The Labute approximate surface area is 120 Å².